The van der Waals surface area contributed by atoms with Crippen LogP contribution < -0.4 is 14.9 Å². The number of nitrogens with one attached hydrogen (secondary N) is 1. The Morgan fingerprint density at radius 3 is 2.45 bits per heavy atom. The lowest BCUT2D eigenvalue weighted by atomic mass is 10.0. The summed E-state index contributed by atoms with van der Waals surface area (Å²) in [4.78, 5) is 20.1. The van der Waals surface area contributed by atoms with E-state index in [1.54, 1.807) is 30.3 Å². The average molecular weight is 456 g/mol. The summed E-state index contributed by atoms with van der Waals surface area (Å²) in [5, 5.41) is 1.48. The van der Waals surface area contributed by atoms with Crippen LogP contribution in [0.15, 0.2) is 52.4 Å². The van der Waals surface area contributed by atoms with Crippen molar-refractivity contribution in [3.8, 4) is 0 Å². The number of rotatable bonds is 5. The molecule has 1 aliphatic heterocycles. The van der Waals surface area contributed by atoms with Gasteiger partial charge >= 0.3 is 0 Å². The smallest absolute Gasteiger partial charge is 0.274 e. The molecular weight excluding hydrogens is 434 g/mol. The molecule has 4 rings (SSSR count). The van der Waals surface area contributed by atoms with E-state index in [1.165, 1.54) is 23.5 Å². The van der Waals surface area contributed by atoms with Crippen molar-refractivity contribution in [1.82, 2.24) is 4.98 Å². The van der Waals surface area contributed by atoms with Gasteiger partial charge in [-0.2, -0.15) is 0 Å². The van der Waals surface area contributed by atoms with Crippen LogP contribution in [0, 0.1) is 20.8 Å². The number of fused-ring (bicyclic) bond motifs is 1. The number of aromatic nitrogens is 1. The molecule has 0 spiro atoms. The van der Waals surface area contributed by atoms with Gasteiger partial charge in [0.1, 0.15) is 0 Å². The zero-order chi connectivity index (χ0) is 22.5. The number of sulfonamides is 1. The molecule has 0 radical (unpaired) electrons. The van der Waals surface area contributed by atoms with E-state index >= 15 is 0 Å². The molecule has 0 unspecified atom stereocenters. The topological polar surface area (TPSA) is 82.6 Å². The molecule has 3 aromatic rings. The van der Waals surface area contributed by atoms with Crippen molar-refractivity contribution in [3.63, 3.8) is 0 Å². The largest absolute Gasteiger partial charge is 0.362 e. The lowest BCUT2D eigenvalue weighted by Crippen LogP contribution is -2.30. The van der Waals surface area contributed by atoms with Gasteiger partial charge in [0.05, 0.1) is 15.9 Å². The number of H-pyrrole nitrogens is 1. The summed E-state index contributed by atoms with van der Waals surface area (Å²) in [5.41, 5.74) is 5.17. The van der Waals surface area contributed by atoms with Crippen LogP contribution in [-0.2, 0) is 21.2 Å². The van der Waals surface area contributed by atoms with Crippen LogP contribution in [0.1, 0.15) is 22.5 Å². The SMILES string of the molecule is Cc1[nH]c(CC2=c3cc(S(=O)(=O)N(C)c4cccc(Cl)c4)ccc3=NC2=O)c(C)c1C. The van der Waals surface area contributed by atoms with Crippen LogP contribution in [0.4, 0.5) is 5.69 Å². The molecule has 0 saturated carbocycles. The summed E-state index contributed by atoms with van der Waals surface area (Å²) in [5.74, 6) is -0.336. The predicted molar refractivity (Wildman–Crippen MR) is 121 cm³/mol. The maximum Gasteiger partial charge on any atom is 0.274 e. The van der Waals surface area contributed by atoms with Crippen LogP contribution in [0.25, 0.3) is 5.57 Å². The highest BCUT2D eigenvalue weighted by molar-refractivity contribution is 7.92. The molecule has 2 aromatic carbocycles. The van der Waals surface area contributed by atoms with E-state index < -0.39 is 10.0 Å². The van der Waals surface area contributed by atoms with Crippen LogP contribution in [0.2, 0.25) is 5.02 Å². The second-order valence-electron chi connectivity index (χ2n) is 7.68. The van der Waals surface area contributed by atoms with E-state index in [4.69, 9.17) is 11.6 Å². The van der Waals surface area contributed by atoms with Crippen molar-refractivity contribution in [3.05, 3.63) is 80.6 Å². The first-order valence-corrected chi connectivity index (χ1v) is 11.6. The highest BCUT2D eigenvalue weighted by atomic mass is 35.5. The first-order valence-electron chi connectivity index (χ1n) is 9.75. The van der Waals surface area contributed by atoms with Crippen LogP contribution in [-0.4, -0.2) is 26.4 Å². The van der Waals surface area contributed by atoms with E-state index in [1.807, 2.05) is 20.8 Å². The minimum Gasteiger partial charge on any atom is -0.362 e. The Morgan fingerprint density at radius 1 is 1.06 bits per heavy atom. The van der Waals surface area contributed by atoms with Gasteiger partial charge in [0.15, 0.2) is 0 Å². The third-order valence-electron chi connectivity index (χ3n) is 5.87. The van der Waals surface area contributed by atoms with E-state index in [9.17, 15) is 13.2 Å². The lowest BCUT2D eigenvalue weighted by Gasteiger charge is -2.19. The Bertz CT molecular complexity index is 1460. The monoisotopic (exact) mass is 455 g/mol. The molecule has 6 nitrogen and oxygen atoms in total. The molecular formula is C23H22ClN3O3S. The third-order valence-corrected chi connectivity index (χ3v) is 7.89. The minimum absolute atomic E-state index is 0.0895. The summed E-state index contributed by atoms with van der Waals surface area (Å²) in [6.07, 6.45) is 0.365. The second kappa shape index (κ2) is 7.66. The van der Waals surface area contributed by atoms with Gasteiger partial charge in [0.2, 0.25) is 0 Å². The van der Waals surface area contributed by atoms with E-state index in [2.05, 4.69) is 9.98 Å². The first kappa shape index (κ1) is 21.3. The maximum absolute atomic E-state index is 13.2. The number of carbonyl (C=O) groups excluding carboxylic acids is 1. The van der Waals surface area contributed by atoms with Crippen molar-refractivity contribution in [1.29, 1.82) is 0 Å². The highest BCUT2D eigenvalue weighted by Crippen LogP contribution is 2.24. The number of aromatic amines is 1. The fourth-order valence-electron chi connectivity index (χ4n) is 3.72. The van der Waals surface area contributed by atoms with E-state index in [0.717, 1.165) is 22.5 Å². The standard InChI is InChI=1S/C23H22ClN3O3S/c1-13-14(2)22(25-15(13)3)12-20-19-11-18(8-9-21(19)26-23(20)28)31(29,30)27(4)17-7-5-6-16(24)10-17/h5-11,25H,12H2,1-4H3. The van der Waals surface area contributed by atoms with Crippen molar-refractivity contribution in [2.75, 3.05) is 11.4 Å². The number of amides is 1. The summed E-state index contributed by atoms with van der Waals surface area (Å²) >= 11 is 6.02. The molecule has 1 amide bonds. The first-order chi connectivity index (χ1) is 14.6. The number of benzene rings is 2. The van der Waals surface area contributed by atoms with Gasteiger partial charge < -0.3 is 4.98 Å². The second-order valence-corrected chi connectivity index (χ2v) is 10.1. The van der Waals surface area contributed by atoms with Crippen molar-refractivity contribution in [2.24, 2.45) is 4.99 Å². The molecule has 31 heavy (non-hydrogen) atoms. The number of aryl methyl sites for hydroxylation is 1. The van der Waals surface area contributed by atoms with Gasteiger partial charge in [-0.3, -0.25) is 9.10 Å². The van der Waals surface area contributed by atoms with Gasteiger partial charge in [-0.15, -0.1) is 0 Å². The van der Waals surface area contributed by atoms with E-state index in [0.29, 0.717) is 33.3 Å². The van der Waals surface area contributed by atoms with E-state index in [-0.39, 0.29) is 10.8 Å². The summed E-state index contributed by atoms with van der Waals surface area (Å²) < 4.78 is 27.7. The summed E-state index contributed by atoms with van der Waals surface area (Å²) in [6, 6.07) is 11.2. The Balaban J connectivity index is 1.81. The predicted octanol–water partition coefficient (Wildman–Crippen LogP) is 2.97. The Kier molecular flexibility index (Phi) is 5.27. The Hall–Kier alpha value is -2.90. The molecule has 0 bridgehead atoms. The molecule has 1 N–H and O–H groups in total. The molecule has 8 heteroatoms. The average Bonchev–Trinajstić information content (AvgIpc) is 3.17. The highest BCUT2D eigenvalue weighted by Gasteiger charge is 2.25. The van der Waals surface area contributed by atoms with Gasteiger partial charge in [-0.05, 0) is 68.3 Å². The van der Waals surface area contributed by atoms with Crippen molar-refractivity contribution >= 4 is 38.8 Å². The molecule has 1 aromatic heterocycles. The van der Waals surface area contributed by atoms with Gasteiger partial charge in [-0.1, -0.05) is 17.7 Å². The zero-order valence-corrected chi connectivity index (χ0v) is 19.2. The lowest BCUT2D eigenvalue weighted by molar-refractivity contribution is -0.112. The van der Waals surface area contributed by atoms with Crippen molar-refractivity contribution in [2.45, 2.75) is 32.1 Å². The van der Waals surface area contributed by atoms with Crippen LogP contribution in [0.3, 0.4) is 0 Å². The molecule has 0 aliphatic carbocycles. The fraction of sp³-hybridized carbons (Fsp3) is 0.217. The Labute approximate surface area is 185 Å². The van der Waals surface area contributed by atoms with Crippen molar-refractivity contribution < 1.29 is 13.2 Å². The molecule has 160 valence electrons. The molecule has 0 saturated heterocycles. The van der Waals surface area contributed by atoms with Gasteiger partial charge in [0.25, 0.3) is 15.9 Å². The minimum atomic E-state index is -3.85. The number of nitrogens with zero attached hydrogens (tertiary/aromatic N) is 2. The summed E-state index contributed by atoms with van der Waals surface area (Å²) in [7, 11) is -2.38. The zero-order valence-electron chi connectivity index (χ0n) is 17.7. The normalized spacial score (nSPS) is 13.3. The molecule has 0 fully saturated rings. The molecule has 2 heterocycles. The van der Waals surface area contributed by atoms with Gasteiger partial charge in [0, 0.05) is 40.7 Å². The number of hydrogen-bond donors (Lipinski definition) is 1. The Morgan fingerprint density at radius 2 is 1.81 bits per heavy atom. The summed E-state index contributed by atoms with van der Waals surface area (Å²) in [6.45, 7) is 6.02. The number of halogens is 1. The molecule has 1 aliphatic rings. The van der Waals surface area contributed by atoms with Crippen LogP contribution >= 0.6 is 11.6 Å². The quantitative estimate of drug-likeness (QED) is 0.642. The van der Waals surface area contributed by atoms with Crippen LogP contribution in [0.5, 0.6) is 0 Å². The number of hydrogen-bond acceptors (Lipinski definition) is 3. The fourth-order valence-corrected chi connectivity index (χ4v) is 5.12. The van der Waals surface area contributed by atoms with Gasteiger partial charge in [-0.25, -0.2) is 13.4 Å². The third kappa shape index (κ3) is 3.68. The number of carbonyl (C=O) groups is 1. The number of anilines is 1. The maximum atomic E-state index is 13.2. The molecule has 0 atom stereocenters.